The Balaban J connectivity index is 1.63. The summed E-state index contributed by atoms with van der Waals surface area (Å²) in [6.45, 7) is 1.04. The SMILES string of the molecule is O=C(CCCc1ccccc1)c1cccc2c1OCCO2. The molecule has 3 nitrogen and oxygen atoms in total. The van der Waals surface area contributed by atoms with Gasteiger partial charge in [-0.2, -0.15) is 0 Å². The predicted octanol–water partition coefficient (Wildman–Crippen LogP) is 3.66. The van der Waals surface area contributed by atoms with Gasteiger partial charge in [0.2, 0.25) is 0 Å². The number of ether oxygens (including phenoxy) is 2. The maximum atomic E-state index is 12.4. The van der Waals surface area contributed by atoms with Gasteiger partial charge in [0.25, 0.3) is 0 Å². The molecule has 0 N–H and O–H groups in total. The van der Waals surface area contributed by atoms with E-state index < -0.39 is 0 Å². The first kappa shape index (κ1) is 13.7. The van der Waals surface area contributed by atoms with Crippen molar-refractivity contribution in [3.8, 4) is 11.5 Å². The number of Topliss-reactive ketones (excluding diaryl/α,β-unsaturated/α-hetero) is 1. The molecule has 1 aliphatic heterocycles. The Morgan fingerprint density at radius 2 is 1.76 bits per heavy atom. The van der Waals surface area contributed by atoms with E-state index in [0.29, 0.717) is 36.7 Å². The fourth-order valence-corrected chi connectivity index (χ4v) is 2.53. The number of fused-ring (bicyclic) bond motifs is 1. The van der Waals surface area contributed by atoms with Crippen molar-refractivity contribution in [2.45, 2.75) is 19.3 Å². The van der Waals surface area contributed by atoms with Crippen molar-refractivity contribution in [1.82, 2.24) is 0 Å². The third-order valence-electron chi connectivity index (χ3n) is 3.58. The van der Waals surface area contributed by atoms with Crippen LogP contribution in [-0.4, -0.2) is 19.0 Å². The number of aryl methyl sites for hydroxylation is 1. The second kappa shape index (κ2) is 6.44. The first-order valence-electron chi connectivity index (χ1n) is 7.30. The Morgan fingerprint density at radius 1 is 0.952 bits per heavy atom. The summed E-state index contributed by atoms with van der Waals surface area (Å²) in [5, 5.41) is 0. The van der Waals surface area contributed by atoms with E-state index >= 15 is 0 Å². The second-order valence-corrected chi connectivity index (χ2v) is 5.09. The van der Waals surface area contributed by atoms with E-state index in [0.717, 1.165) is 12.8 Å². The number of carbonyl (C=O) groups is 1. The van der Waals surface area contributed by atoms with Crippen LogP contribution in [0.4, 0.5) is 0 Å². The summed E-state index contributed by atoms with van der Waals surface area (Å²) in [5.74, 6) is 1.40. The average Bonchev–Trinajstić information content (AvgIpc) is 2.55. The van der Waals surface area contributed by atoms with Gasteiger partial charge in [-0.1, -0.05) is 36.4 Å². The summed E-state index contributed by atoms with van der Waals surface area (Å²) in [5.41, 5.74) is 1.90. The molecule has 108 valence electrons. The van der Waals surface area contributed by atoms with E-state index in [2.05, 4.69) is 12.1 Å². The standard InChI is InChI=1S/C18H18O3/c19-16(10-4-8-14-6-2-1-3-7-14)15-9-5-11-17-18(15)21-13-12-20-17/h1-3,5-7,9,11H,4,8,10,12-13H2. The summed E-state index contributed by atoms with van der Waals surface area (Å²) in [7, 11) is 0. The van der Waals surface area contributed by atoms with Gasteiger partial charge in [-0.05, 0) is 30.5 Å². The van der Waals surface area contributed by atoms with Crippen LogP contribution < -0.4 is 9.47 Å². The molecule has 0 unspecified atom stereocenters. The van der Waals surface area contributed by atoms with Gasteiger partial charge in [0.15, 0.2) is 17.3 Å². The molecule has 0 aromatic heterocycles. The van der Waals surface area contributed by atoms with Crippen molar-refractivity contribution >= 4 is 5.78 Å². The summed E-state index contributed by atoms with van der Waals surface area (Å²) in [6, 6.07) is 15.7. The average molecular weight is 282 g/mol. The summed E-state index contributed by atoms with van der Waals surface area (Å²) in [4.78, 5) is 12.4. The Morgan fingerprint density at radius 3 is 2.62 bits per heavy atom. The van der Waals surface area contributed by atoms with Crippen molar-refractivity contribution in [3.05, 3.63) is 59.7 Å². The molecule has 0 bridgehead atoms. The van der Waals surface area contributed by atoms with Gasteiger partial charge in [0, 0.05) is 6.42 Å². The normalized spacial score (nSPS) is 13.0. The van der Waals surface area contributed by atoms with E-state index in [1.165, 1.54) is 5.56 Å². The van der Waals surface area contributed by atoms with Crippen LogP contribution in [0.5, 0.6) is 11.5 Å². The fourth-order valence-electron chi connectivity index (χ4n) is 2.53. The second-order valence-electron chi connectivity index (χ2n) is 5.09. The molecule has 1 heterocycles. The van der Waals surface area contributed by atoms with Gasteiger partial charge in [0.1, 0.15) is 13.2 Å². The van der Waals surface area contributed by atoms with Gasteiger partial charge < -0.3 is 9.47 Å². The third-order valence-corrected chi connectivity index (χ3v) is 3.58. The minimum Gasteiger partial charge on any atom is -0.486 e. The molecule has 0 atom stereocenters. The summed E-state index contributed by atoms with van der Waals surface area (Å²) in [6.07, 6.45) is 2.28. The number of hydrogen-bond acceptors (Lipinski definition) is 3. The molecule has 1 aliphatic rings. The van der Waals surface area contributed by atoms with Crippen LogP contribution in [-0.2, 0) is 6.42 Å². The molecule has 2 aromatic rings. The molecular formula is C18H18O3. The maximum Gasteiger partial charge on any atom is 0.172 e. The fraction of sp³-hybridized carbons (Fsp3) is 0.278. The van der Waals surface area contributed by atoms with Crippen molar-refractivity contribution in [2.75, 3.05) is 13.2 Å². The summed E-state index contributed by atoms with van der Waals surface area (Å²) >= 11 is 0. The van der Waals surface area contributed by atoms with Crippen LogP contribution in [0, 0.1) is 0 Å². The van der Waals surface area contributed by atoms with Crippen LogP contribution in [0.2, 0.25) is 0 Å². The first-order valence-corrected chi connectivity index (χ1v) is 7.30. The molecule has 21 heavy (non-hydrogen) atoms. The quantitative estimate of drug-likeness (QED) is 0.785. The van der Waals surface area contributed by atoms with Gasteiger partial charge in [-0.3, -0.25) is 4.79 Å². The van der Waals surface area contributed by atoms with Gasteiger partial charge >= 0.3 is 0 Å². The molecule has 0 radical (unpaired) electrons. The van der Waals surface area contributed by atoms with E-state index in [-0.39, 0.29) is 5.78 Å². The molecule has 0 spiro atoms. The van der Waals surface area contributed by atoms with Crippen LogP contribution in [0.3, 0.4) is 0 Å². The van der Waals surface area contributed by atoms with E-state index in [9.17, 15) is 4.79 Å². The molecule has 0 amide bonds. The number of hydrogen-bond donors (Lipinski definition) is 0. The molecule has 0 fully saturated rings. The Labute approximate surface area is 124 Å². The predicted molar refractivity (Wildman–Crippen MR) is 81.1 cm³/mol. The number of rotatable bonds is 5. The van der Waals surface area contributed by atoms with Gasteiger partial charge in [0.05, 0.1) is 5.56 Å². The van der Waals surface area contributed by atoms with Crippen LogP contribution >= 0.6 is 0 Å². The molecule has 0 saturated carbocycles. The molecule has 3 heteroatoms. The van der Waals surface area contributed by atoms with Crippen molar-refractivity contribution in [3.63, 3.8) is 0 Å². The van der Waals surface area contributed by atoms with Crippen LogP contribution in [0.15, 0.2) is 48.5 Å². The van der Waals surface area contributed by atoms with E-state index in [1.807, 2.05) is 36.4 Å². The highest BCUT2D eigenvalue weighted by Gasteiger charge is 2.19. The third kappa shape index (κ3) is 3.24. The smallest absolute Gasteiger partial charge is 0.172 e. The topological polar surface area (TPSA) is 35.5 Å². The highest BCUT2D eigenvalue weighted by atomic mass is 16.6. The number of para-hydroxylation sites is 1. The lowest BCUT2D eigenvalue weighted by atomic mass is 10.0. The lowest BCUT2D eigenvalue weighted by Crippen LogP contribution is -2.17. The highest BCUT2D eigenvalue weighted by molar-refractivity contribution is 5.99. The Bertz CT molecular complexity index is 620. The van der Waals surface area contributed by atoms with E-state index in [1.54, 1.807) is 0 Å². The van der Waals surface area contributed by atoms with E-state index in [4.69, 9.17) is 9.47 Å². The number of benzene rings is 2. The van der Waals surface area contributed by atoms with Crippen molar-refractivity contribution in [2.24, 2.45) is 0 Å². The lowest BCUT2D eigenvalue weighted by Gasteiger charge is -2.20. The van der Waals surface area contributed by atoms with Gasteiger partial charge in [-0.15, -0.1) is 0 Å². The maximum absolute atomic E-state index is 12.4. The zero-order valence-corrected chi connectivity index (χ0v) is 11.9. The van der Waals surface area contributed by atoms with Crippen LogP contribution in [0.1, 0.15) is 28.8 Å². The van der Waals surface area contributed by atoms with Gasteiger partial charge in [-0.25, -0.2) is 0 Å². The Hall–Kier alpha value is -2.29. The monoisotopic (exact) mass is 282 g/mol. The molecule has 0 saturated heterocycles. The minimum absolute atomic E-state index is 0.119. The molecule has 2 aromatic carbocycles. The minimum atomic E-state index is 0.119. The first-order chi connectivity index (χ1) is 10.3. The molecular weight excluding hydrogens is 264 g/mol. The number of ketones is 1. The highest BCUT2D eigenvalue weighted by Crippen LogP contribution is 2.34. The number of carbonyl (C=O) groups excluding carboxylic acids is 1. The zero-order chi connectivity index (χ0) is 14.5. The summed E-state index contributed by atoms with van der Waals surface area (Å²) < 4.78 is 11.1. The largest absolute Gasteiger partial charge is 0.486 e. The molecule has 3 rings (SSSR count). The van der Waals surface area contributed by atoms with Crippen molar-refractivity contribution in [1.29, 1.82) is 0 Å². The Kier molecular flexibility index (Phi) is 4.20. The van der Waals surface area contributed by atoms with Crippen molar-refractivity contribution < 1.29 is 14.3 Å². The van der Waals surface area contributed by atoms with Crippen LogP contribution in [0.25, 0.3) is 0 Å². The zero-order valence-electron chi connectivity index (χ0n) is 11.9. The molecule has 0 aliphatic carbocycles. The lowest BCUT2D eigenvalue weighted by molar-refractivity contribution is 0.0969.